The molecule has 0 saturated carbocycles. The van der Waals surface area contributed by atoms with E-state index >= 15 is 0 Å². The summed E-state index contributed by atoms with van der Waals surface area (Å²) in [5.41, 5.74) is 1.08. The molecule has 25 heavy (non-hydrogen) atoms. The van der Waals surface area contributed by atoms with Crippen LogP contribution in [0.2, 0.25) is 0 Å². The van der Waals surface area contributed by atoms with Crippen LogP contribution in [0.5, 0.6) is 5.75 Å². The predicted octanol–water partition coefficient (Wildman–Crippen LogP) is 1.02. The van der Waals surface area contributed by atoms with Gasteiger partial charge in [-0.3, -0.25) is 9.69 Å². The van der Waals surface area contributed by atoms with Crippen molar-refractivity contribution >= 4 is 11.9 Å². The van der Waals surface area contributed by atoms with Gasteiger partial charge in [0.2, 0.25) is 5.91 Å². The molecule has 0 bridgehead atoms. The second kappa shape index (κ2) is 8.20. The van der Waals surface area contributed by atoms with Crippen LogP contribution in [0.3, 0.4) is 0 Å². The van der Waals surface area contributed by atoms with Crippen LogP contribution in [0, 0.1) is 0 Å². The third-order valence-electron chi connectivity index (χ3n) is 4.89. The Bertz CT molecular complexity index is 616. The highest BCUT2D eigenvalue weighted by Crippen LogP contribution is 2.30. The summed E-state index contributed by atoms with van der Waals surface area (Å²) in [6.45, 7) is 2.85. The third kappa shape index (κ3) is 4.22. The molecule has 0 spiro atoms. The number of nitrogens with one attached hydrogen (secondary N) is 3. The Morgan fingerprint density at radius 2 is 2.08 bits per heavy atom. The van der Waals surface area contributed by atoms with Crippen LogP contribution in [0.4, 0.5) is 4.79 Å². The van der Waals surface area contributed by atoms with Crippen molar-refractivity contribution in [2.75, 3.05) is 33.3 Å². The monoisotopic (exact) mass is 346 g/mol. The number of nitrogens with zero attached hydrogens (tertiary/aromatic N) is 1. The first kappa shape index (κ1) is 17.5. The molecule has 1 aromatic carbocycles. The van der Waals surface area contributed by atoms with E-state index in [4.69, 9.17) is 4.74 Å². The maximum atomic E-state index is 12.3. The Morgan fingerprint density at radius 1 is 1.32 bits per heavy atom. The largest absolute Gasteiger partial charge is 0.496 e. The number of ether oxygens (including phenoxy) is 1. The number of rotatable bonds is 6. The van der Waals surface area contributed by atoms with E-state index in [0.717, 1.165) is 24.4 Å². The Morgan fingerprint density at radius 3 is 2.76 bits per heavy atom. The van der Waals surface area contributed by atoms with Gasteiger partial charge in [-0.05, 0) is 32.0 Å². The predicted molar refractivity (Wildman–Crippen MR) is 94.5 cm³/mol. The molecule has 3 rings (SSSR count). The van der Waals surface area contributed by atoms with Gasteiger partial charge < -0.3 is 20.7 Å². The second-order valence-corrected chi connectivity index (χ2v) is 6.51. The van der Waals surface area contributed by atoms with Gasteiger partial charge >= 0.3 is 6.03 Å². The number of carbonyl (C=O) groups excluding carboxylic acids is 2. The minimum atomic E-state index is -0.507. The van der Waals surface area contributed by atoms with Crippen LogP contribution in [-0.2, 0) is 4.79 Å². The van der Waals surface area contributed by atoms with E-state index in [1.165, 1.54) is 19.3 Å². The number of urea groups is 1. The van der Waals surface area contributed by atoms with Gasteiger partial charge in [0.15, 0.2) is 0 Å². The molecule has 0 aromatic heterocycles. The number of piperidine rings is 1. The van der Waals surface area contributed by atoms with E-state index in [0.29, 0.717) is 13.1 Å². The summed E-state index contributed by atoms with van der Waals surface area (Å²) in [4.78, 5) is 26.0. The van der Waals surface area contributed by atoms with Gasteiger partial charge in [-0.1, -0.05) is 24.6 Å². The van der Waals surface area contributed by atoms with Crippen molar-refractivity contribution in [2.24, 2.45) is 0 Å². The third-order valence-corrected chi connectivity index (χ3v) is 4.89. The van der Waals surface area contributed by atoms with Crippen molar-refractivity contribution in [3.63, 3.8) is 0 Å². The average molecular weight is 346 g/mol. The number of para-hydroxylation sites is 1. The van der Waals surface area contributed by atoms with Crippen LogP contribution in [-0.4, -0.2) is 56.2 Å². The quantitative estimate of drug-likeness (QED) is 0.718. The first-order valence-electron chi connectivity index (χ1n) is 8.88. The molecule has 2 heterocycles. The highest BCUT2D eigenvalue weighted by Gasteiger charge is 2.29. The Hall–Kier alpha value is -2.28. The van der Waals surface area contributed by atoms with Gasteiger partial charge in [-0.25, -0.2) is 4.79 Å². The molecule has 2 unspecified atom stereocenters. The molecule has 2 aliphatic heterocycles. The molecule has 2 saturated heterocycles. The fourth-order valence-electron chi connectivity index (χ4n) is 3.54. The van der Waals surface area contributed by atoms with Gasteiger partial charge in [-0.15, -0.1) is 0 Å². The fourth-order valence-corrected chi connectivity index (χ4v) is 3.54. The van der Waals surface area contributed by atoms with Crippen molar-refractivity contribution in [2.45, 2.75) is 31.3 Å². The molecular formula is C18H26N4O3. The molecule has 0 radical (unpaired) electrons. The van der Waals surface area contributed by atoms with Gasteiger partial charge in [0.05, 0.1) is 13.2 Å². The topological polar surface area (TPSA) is 82.7 Å². The summed E-state index contributed by atoms with van der Waals surface area (Å²) >= 11 is 0. The minimum Gasteiger partial charge on any atom is -0.496 e. The van der Waals surface area contributed by atoms with E-state index in [1.54, 1.807) is 7.11 Å². The molecule has 2 fully saturated rings. The molecule has 7 nitrogen and oxygen atoms in total. The zero-order valence-electron chi connectivity index (χ0n) is 14.6. The number of methoxy groups -OCH3 is 1. The van der Waals surface area contributed by atoms with Crippen LogP contribution < -0.4 is 20.7 Å². The lowest BCUT2D eigenvalue weighted by Crippen LogP contribution is -2.47. The normalized spacial score (nSPS) is 22.0. The standard InChI is InChI=1S/C18H26N4O3/c1-25-16-8-4-3-7-13(16)15(22-9-5-2-6-10-22)12-19-17(23)14-11-20-18(24)21-14/h3-4,7-8,14-15H,2,5-6,9-12H2,1H3,(H,19,23)(H2,20,21,24). The molecule has 0 aliphatic carbocycles. The number of likely N-dealkylation sites (tertiary alicyclic amines) is 1. The smallest absolute Gasteiger partial charge is 0.315 e. The molecule has 136 valence electrons. The summed E-state index contributed by atoms with van der Waals surface area (Å²) < 4.78 is 5.53. The highest BCUT2D eigenvalue weighted by molar-refractivity contribution is 5.90. The Kier molecular flexibility index (Phi) is 5.75. The molecule has 3 N–H and O–H groups in total. The second-order valence-electron chi connectivity index (χ2n) is 6.51. The van der Waals surface area contributed by atoms with E-state index in [9.17, 15) is 9.59 Å². The van der Waals surface area contributed by atoms with Crippen LogP contribution in [0.1, 0.15) is 30.9 Å². The van der Waals surface area contributed by atoms with Crippen molar-refractivity contribution in [3.05, 3.63) is 29.8 Å². The number of hydrogen-bond donors (Lipinski definition) is 3. The lowest BCUT2D eigenvalue weighted by molar-refractivity contribution is -0.122. The first-order chi connectivity index (χ1) is 12.2. The molecule has 7 heteroatoms. The summed E-state index contributed by atoms with van der Waals surface area (Å²) in [6.07, 6.45) is 3.59. The zero-order valence-corrected chi connectivity index (χ0v) is 14.6. The molecule has 1 aromatic rings. The SMILES string of the molecule is COc1ccccc1C(CNC(=O)C1CNC(=O)N1)N1CCCCC1. The minimum absolute atomic E-state index is 0.0606. The van der Waals surface area contributed by atoms with Crippen LogP contribution in [0.25, 0.3) is 0 Å². The lowest BCUT2D eigenvalue weighted by atomic mass is 10.0. The summed E-state index contributed by atoms with van der Waals surface area (Å²) in [5.74, 6) is 0.679. The number of benzene rings is 1. The Labute approximate surface area is 148 Å². The van der Waals surface area contributed by atoms with Gasteiger partial charge in [0, 0.05) is 18.7 Å². The van der Waals surface area contributed by atoms with Crippen molar-refractivity contribution in [3.8, 4) is 5.75 Å². The van der Waals surface area contributed by atoms with Crippen molar-refractivity contribution < 1.29 is 14.3 Å². The number of carbonyl (C=O) groups is 2. The molecule has 2 atom stereocenters. The van der Waals surface area contributed by atoms with E-state index in [1.807, 2.05) is 18.2 Å². The first-order valence-corrected chi connectivity index (χ1v) is 8.88. The molecule has 2 aliphatic rings. The summed E-state index contributed by atoms with van der Waals surface area (Å²) in [7, 11) is 1.67. The van der Waals surface area contributed by atoms with Gasteiger partial charge in [-0.2, -0.15) is 0 Å². The maximum absolute atomic E-state index is 12.3. The molecule has 3 amide bonds. The van der Waals surface area contributed by atoms with Gasteiger partial charge in [0.1, 0.15) is 11.8 Å². The number of amides is 3. The molecular weight excluding hydrogens is 320 g/mol. The maximum Gasteiger partial charge on any atom is 0.315 e. The van der Waals surface area contributed by atoms with E-state index in [-0.39, 0.29) is 18.0 Å². The van der Waals surface area contributed by atoms with E-state index < -0.39 is 6.04 Å². The van der Waals surface area contributed by atoms with Crippen LogP contribution >= 0.6 is 0 Å². The fraction of sp³-hybridized carbons (Fsp3) is 0.556. The summed E-state index contributed by atoms with van der Waals surface area (Å²) in [5, 5.41) is 8.23. The van der Waals surface area contributed by atoms with E-state index in [2.05, 4.69) is 26.9 Å². The van der Waals surface area contributed by atoms with Crippen molar-refractivity contribution in [1.29, 1.82) is 0 Å². The lowest BCUT2D eigenvalue weighted by Gasteiger charge is -2.35. The summed E-state index contributed by atoms with van der Waals surface area (Å²) in [6, 6.07) is 7.22. The zero-order chi connectivity index (χ0) is 17.6. The average Bonchev–Trinajstić information content (AvgIpc) is 3.09. The highest BCUT2D eigenvalue weighted by atomic mass is 16.5. The van der Waals surface area contributed by atoms with Gasteiger partial charge in [0.25, 0.3) is 0 Å². The number of hydrogen-bond acceptors (Lipinski definition) is 4. The van der Waals surface area contributed by atoms with Crippen molar-refractivity contribution in [1.82, 2.24) is 20.9 Å². The van der Waals surface area contributed by atoms with Crippen LogP contribution in [0.15, 0.2) is 24.3 Å². The Balaban J connectivity index is 1.72.